The molecule has 3 heterocycles. The van der Waals surface area contributed by atoms with Crippen LogP contribution in [0.5, 0.6) is 0 Å². The van der Waals surface area contributed by atoms with Crippen LogP contribution in [0.4, 0.5) is 0 Å². The van der Waals surface area contributed by atoms with Crippen LogP contribution in [0.3, 0.4) is 0 Å². The van der Waals surface area contributed by atoms with E-state index in [9.17, 15) is 0 Å². The molecule has 4 nitrogen and oxygen atoms in total. The molecular weight excluding hydrogens is 621 g/mol. The van der Waals surface area contributed by atoms with Crippen LogP contribution in [0, 0.1) is 0 Å². The number of aryl methyl sites for hydroxylation is 1. The predicted molar refractivity (Wildman–Crippen MR) is 215 cm³/mol. The van der Waals surface area contributed by atoms with Gasteiger partial charge in [-0.15, -0.1) is 0 Å². The molecule has 240 valence electrons. The third kappa shape index (κ3) is 3.93. The second-order valence-corrected chi connectivity index (χ2v) is 13.4. The van der Waals surface area contributed by atoms with Crippen LogP contribution in [0.15, 0.2) is 164 Å². The summed E-state index contributed by atoms with van der Waals surface area (Å²) in [6.45, 7) is 3.16. The van der Waals surface area contributed by atoms with Gasteiger partial charge in [-0.2, -0.15) is 0 Å². The zero-order valence-corrected chi connectivity index (χ0v) is 28.1. The van der Waals surface area contributed by atoms with E-state index < -0.39 is 0 Å². The molecule has 4 heteroatoms. The Hall–Kier alpha value is -6.65. The highest BCUT2D eigenvalue weighted by Gasteiger charge is 2.21. The summed E-state index contributed by atoms with van der Waals surface area (Å²) < 4.78 is 7.23. The summed E-state index contributed by atoms with van der Waals surface area (Å²) in [6.07, 6.45) is 0. The Balaban J connectivity index is 1.18. The van der Waals surface area contributed by atoms with Crippen LogP contribution in [0.2, 0.25) is 0 Å². The molecule has 0 atom stereocenters. The van der Waals surface area contributed by atoms with Gasteiger partial charge in [0.2, 0.25) is 0 Å². The highest BCUT2D eigenvalue weighted by molar-refractivity contribution is 6.24. The zero-order chi connectivity index (χ0) is 33.6. The van der Waals surface area contributed by atoms with Gasteiger partial charge in [0.05, 0.1) is 22.1 Å². The summed E-state index contributed by atoms with van der Waals surface area (Å²) in [5, 5.41) is 9.94. The maximum Gasteiger partial charge on any atom is 0.145 e. The number of hydrogen-bond donors (Lipinski definition) is 0. The van der Waals surface area contributed by atoms with Crippen molar-refractivity contribution in [3.63, 3.8) is 0 Å². The molecule has 0 bridgehead atoms. The molecule has 0 fully saturated rings. The van der Waals surface area contributed by atoms with E-state index in [0.717, 1.165) is 40.3 Å². The van der Waals surface area contributed by atoms with E-state index in [4.69, 9.17) is 4.98 Å². The van der Waals surface area contributed by atoms with E-state index in [2.05, 4.69) is 184 Å². The van der Waals surface area contributed by atoms with Crippen LogP contribution in [0.1, 0.15) is 6.92 Å². The minimum absolute atomic E-state index is 0.925. The van der Waals surface area contributed by atoms with Crippen molar-refractivity contribution in [2.75, 3.05) is 0 Å². The monoisotopic (exact) mass is 652 g/mol. The highest BCUT2D eigenvalue weighted by atomic mass is 15.1. The van der Waals surface area contributed by atoms with Gasteiger partial charge >= 0.3 is 0 Å². The Morgan fingerprint density at radius 2 is 0.922 bits per heavy atom. The Morgan fingerprint density at radius 1 is 0.412 bits per heavy atom. The number of para-hydroxylation sites is 2. The summed E-state index contributed by atoms with van der Waals surface area (Å²) in [7, 11) is 0. The maximum atomic E-state index is 5.41. The normalized spacial score (nSPS) is 12.1. The first kappa shape index (κ1) is 28.2. The molecule has 0 saturated heterocycles. The molecule has 11 aromatic rings. The molecule has 0 spiro atoms. The fourth-order valence-electron chi connectivity index (χ4n) is 8.62. The van der Waals surface area contributed by atoms with E-state index in [-0.39, 0.29) is 0 Å². The summed E-state index contributed by atoms with van der Waals surface area (Å²) in [5.41, 5.74) is 10.4. The second kappa shape index (κ2) is 10.7. The molecule has 0 saturated carbocycles. The molecule has 0 aliphatic carbocycles. The van der Waals surface area contributed by atoms with E-state index in [1.807, 2.05) is 0 Å². The van der Waals surface area contributed by atoms with Gasteiger partial charge in [-0.3, -0.25) is 4.57 Å². The topological polar surface area (TPSA) is 27.7 Å². The lowest BCUT2D eigenvalue weighted by Crippen LogP contribution is -2.00. The minimum atomic E-state index is 0.925. The summed E-state index contributed by atoms with van der Waals surface area (Å²) in [4.78, 5) is 5.41. The number of rotatable bonds is 4. The first-order valence-corrected chi connectivity index (χ1v) is 17.7. The van der Waals surface area contributed by atoms with Crippen molar-refractivity contribution in [3.8, 4) is 22.8 Å². The molecule has 0 radical (unpaired) electrons. The van der Waals surface area contributed by atoms with E-state index in [0.29, 0.717) is 0 Å². The zero-order valence-electron chi connectivity index (χ0n) is 28.1. The van der Waals surface area contributed by atoms with Crippen molar-refractivity contribution in [2.45, 2.75) is 13.5 Å². The molecule has 8 aromatic carbocycles. The van der Waals surface area contributed by atoms with Gasteiger partial charge in [-0.25, -0.2) is 4.98 Å². The minimum Gasteiger partial charge on any atom is -0.341 e. The van der Waals surface area contributed by atoms with Crippen molar-refractivity contribution >= 4 is 76.2 Å². The third-order valence-corrected chi connectivity index (χ3v) is 10.8. The van der Waals surface area contributed by atoms with Crippen LogP contribution in [0.25, 0.3) is 99.0 Å². The smallest absolute Gasteiger partial charge is 0.145 e. The Morgan fingerprint density at radius 3 is 1.63 bits per heavy atom. The average Bonchev–Trinajstić information content (AvgIpc) is 3.86. The number of imidazole rings is 1. The number of nitrogens with zero attached hydrogens (tertiary/aromatic N) is 4. The van der Waals surface area contributed by atoms with Gasteiger partial charge in [0.15, 0.2) is 0 Å². The van der Waals surface area contributed by atoms with E-state index >= 15 is 0 Å². The molecule has 0 unspecified atom stereocenters. The largest absolute Gasteiger partial charge is 0.341 e. The molecular formula is C47H32N4. The standard InChI is InChI=1S/C47H32N4/c1-2-49-41-22-12-10-18-35(41)39-29-44-40(28-43(39)49)36-19-11-13-23-42(36)50(44)31-24-26-32(27-25-31)51-46-38-21-9-7-17-34(38)33-16-6-8-20-37(33)45(46)48-47(51)30-14-4-3-5-15-30/h3-29H,2H2,1H3. The Labute approximate surface area is 294 Å². The fraction of sp³-hybridized carbons (Fsp3) is 0.0426. The molecule has 3 aromatic heterocycles. The lowest BCUT2D eigenvalue weighted by molar-refractivity contribution is 0.827. The number of fused-ring (bicyclic) bond motifs is 12. The molecule has 51 heavy (non-hydrogen) atoms. The van der Waals surface area contributed by atoms with Crippen LogP contribution < -0.4 is 0 Å². The summed E-state index contributed by atoms with van der Waals surface area (Å²) in [6, 6.07) is 59.4. The molecule has 0 N–H and O–H groups in total. The summed E-state index contributed by atoms with van der Waals surface area (Å²) in [5.74, 6) is 0.937. The number of aromatic nitrogens is 4. The van der Waals surface area contributed by atoms with Gasteiger partial charge in [-0.05, 0) is 66.2 Å². The fourth-order valence-corrected chi connectivity index (χ4v) is 8.62. The average molecular weight is 653 g/mol. The summed E-state index contributed by atoms with van der Waals surface area (Å²) >= 11 is 0. The second-order valence-electron chi connectivity index (χ2n) is 13.4. The maximum absolute atomic E-state index is 5.41. The molecule has 0 aliphatic rings. The highest BCUT2D eigenvalue weighted by Crippen LogP contribution is 2.41. The van der Waals surface area contributed by atoms with Gasteiger partial charge < -0.3 is 9.13 Å². The third-order valence-electron chi connectivity index (χ3n) is 10.8. The number of benzene rings is 8. The van der Waals surface area contributed by atoms with Crippen molar-refractivity contribution in [3.05, 3.63) is 164 Å². The SMILES string of the molecule is CCn1c2ccccc2c2cc3c(cc21)c1ccccc1n3-c1ccc(-n2c(-c3ccccc3)nc3c4ccccc4c4ccccc4c32)cc1. The first-order valence-electron chi connectivity index (χ1n) is 17.7. The molecule has 11 rings (SSSR count). The van der Waals surface area contributed by atoms with Gasteiger partial charge in [0, 0.05) is 66.8 Å². The molecule has 0 aliphatic heterocycles. The van der Waals surface area contributed by atoms with Gasteiger partial charge in [-0.1, -0.05) is 115 Å². The van der Waals surface area contributed by atoms with Crippen molar-refractivity contribution in [1.82, 2.24) is 18.7 Å². The van der Waals surface area contributed by atoms with Crippen molar-refractivity contribution in [2.24, 2.45) is 0 Å². The quantitative estimate of drug-likeness (QED) is 0.174. The van der Waals surface area contributed by atoms with Crippen molar-refractivity contribution in [1.29, 1.82) is 0 Å². The molecule has 0 amide bonds. The van der Waals surface area contributed by atoms with Gasteiger partial charge in [0.1, 0.15) is 5.82 Å². The Kier molecular flexibility index (Phi) is 5.90. The lowest BCUT2D eigenvalue weighted by atomic mass is 10.00. The van der Waals surface area contributed by atoms with Gasteiger partial charge in [0.25, 0.3) is 0 Å². The lowest BCUT2D eigenvalue weighted by Gasteiger charge is -2.14. The van der Waals surface area contributed by atoms with E-state index in [1.54, 1.807) is 0 Å². The van der Waals surface area contributed by atoms with Crippen LogP contribution in [-0.4, -0.2) is 18.7 Å². The van der Waals surface area contributed by atoms with Crippen LogP contribution in [-0.2, 0) is 6.54 Å². The van der Waals surface area contributed by atoms with Crippen LogP contribution >= 0.6 is 0 Å². The Bertz CT molecular complexity index is 3160. The van der Waals surface area contributed by atoms with Crippen molar-refractivity contribution < 1.29 is 0 Å². The first-order chi connectivity index (χ1) is 25.3. The number of hydrogen-bond acceptors (Lipinski definition) is 1. The van der Waals surface area contributed by atoms with E-state index in [1.165, 1.54) is 65.2 Å². The predicted octanol–water partition coefficient (Wildman–Crippen LogP) is 12.2.